The van der Waals surface area contributed by atoms with Crippen molar-refractivity contribution in [1.82, 2.24) is 10.6 Å². The van der Waals surface area contributed by atoms with E-state index >= 15 is 0 Å². The van der Waals surface area contributed by atoms with E-state index < -0.39 is 16.7 Å². The van der Waals surface area contributed by atoms with E-state index in [1.54, 1.807) is 12.1 Å². The SMILES string of the molecule is O=C1NCNC12CC[S+]([O-])c1cc(Cl)c(Cl)cc12. The van der Waals surface area contributed by atoms with Gasteiger partial charge in [0.05, 0.1) is 16.7 Å². The van der Waals surface area contributed by atoms with Crippen LogP contribution >= 0.6 is 23.2 Å². The number of hydrogen-bond acceptors (Lipinski definition) is 3. The summed E-state index contributed by atoms with van der Waals surface area (Å²) in [7, 11) is 0. The zero-order valence-electron chi connectivity index (χ0n) is 9.26. The van der Waals surface area contributed by atoms with Gasteiger partial charge in [-0.2, -0.15) is 0 Å². The summed E-state index contributed by atoms with van der Waals surface area (Å²) in [6.45, 7) is 0.408. The van der Waals surface area contributed by atoms with Gasteiger partial charge in [0, 0.05) is 18.1 Å². The number of amides is 1. The van der Waals surface area contributed by atoms with Crippen molar-refractivity contribution in [3.8, 4) is 0 Å². The van der Waals surface area contributed by atoms with Crippen molar-refractivity contribution in [2.45, 2.75) is 16.9 Å². The summed E-state index contributed by atoms with van der Waals surface area (Å²) in [6.07, 6.45) is 0.496. The number of nitrogens with one attached hydrogen (secondary N) is 2. The minimum Gasteiger partial charge on any atom is -0.611 e. The molecule has 4 nitrogen and oxygen atoms in total. The number of hydrogen-bond donors (Lipinski definition) is 2. The third-order valence-electron chi connectivity index (χ3n) is 3.42. The second kappa shape index (κ2) is 4.28. The van der Waals surface area contributed by atoms with Gasteiger partial charge >= 0.3 is 0 Å². The normalized spacial score (nSPS) is 30.4. The molecule has 0 saturated carbocycles. The summed E-state index contributed by atoms with van der Waals surface area (Å²) in [6, 6.07) is 3.25. The zero-order valence-corrected chi connectivity index (χ0v) is 11.6. The van der Waals surface area contributed by atoms with E-state index in [0.29, 0.717) is 39.3 Å². The molecule has 2 atom stereocenters. The maximum absolute atomic E-state index is 12.1. The second-order valence-corrected chi connectivity index (χ2v) is 6.68. The van der Waals surface area contributed by atoms with Gasteiger partial charge in [0.1, 0.15) is 11.3 Å². The molecule has 0 aliphatic carbocycles. The highest BCUT2D eigenvalue weighted by Crippen LogP contribution is 2.41. The van der Waals surface area contributed by atoms with Gasteiger partial charge in [-0.3, -0.25) is 10.1 Å². The zero-order chi connectivity index (χ0) is 12.9. The molecule has 96 valence electrons. The minimum atomic E-state index is -1.13. The average Bonchev–Trinajstić information content (AvgIpc) is 2.70. The van der Waals surface area contributed by atoms with Gasteiger partial charge in [0.25, 0.3) is 0 Å². The van der Waals surface area contributed by atoms with Gasteiger partial charge in [-0.1, -0.05) is 23.2 Å². The molecular weight excluding hydrogens is 295 g/mol. The van der Waals surface area contributed by atoms with Crippen molar-refractivity contribution in [3.05, 3.63) is 27.7 Å². The van der Waals surface area contributed by atoms with E-state index in [9.17, 15) is 9.35 Å². The van der Waals surface area contributed by atoms with Crippen molar-refractivity contribution < 1.29 is 9.35 Å². The number of fused-ring (bicyclic) bond motifs is 2. The van der Waals surface area contributed by atoms with Crippen LogP contribution in [0.25, 0.3) is 0 Å². The van der Waals surface area contributed by atoms with E-state index in [-0.39, 0.29) is 5.91 Å². The standard InChI is InChI=1S/C11H10Cl2N2O2S/c12-7-3-6-9(4-8(7)13)18(17)2-1-11(6)10(16)14-5-15-11/h3-4,15H,1-2,5H2,(H,14,16). The van der Waals surface area contributed by atoms with Crippen LogP contribution in [0.5, 0.6) is 0 Å². The van der Waals surface area contributed by atoms with E-state index in [2.05, 4.69) is 10.6 Å². The van der Waals surface area contributed by atoms with Crippen LogP contribution in [-0.2, 0) is 21.5 Å². The molecule has 2 heterocycles. The predicted molar refractivity (Wildman–Crippen MR) is 70.2 cm³/mol. The minimum absolute atomic E-state index is 0.0983. The Hall–Kier alpha value is -0.460. The Balaban J connectivity index is 2.22. The molecule has 1 amide bonds. The summed E-state index contributed by atoms with van der Waals surface area (Å²) in [5, 5.41) is 6.62. The summed E-state index contributed by atoms with van der Waals surface area (Å²) in [4.78, 5) is 12.7. The van der Waals surface area contributed by atoms with Crippen LogP contribution in [0.2, 0.25) is 10.0 Å². The summed E-state index contributed by atoms with van der Waals surface area (Å²) in [5.41, 5.74) is -0.131. The highest BCUT2D eigenvalue weighted by molar-refractivity contribution is 7.91. The quantitative estimate of drug-likeness (QED) is 0.712. The van der Waals surface area contributed by atoms with Crippen molar-refractivity contribution in [1.29, 1.82) is 0 Å². The Bertz CT molecular complexity index is 540. The number of carbonyl (C=O) groups excluding carboxylic acids is 1. The van der Waals surface area contributed by atoms with Crippen LogP contribution in [0.1, 0.15) is 12.0 Å². The average molecular weight is 305 g/mol. The first kappa shape index (κ1) is 12.6. The summed E-state index contributed by atoms with van der Waals surface area (Å²) in [5.74, 6) is 0.338. The Morgan fingerprint density at radius 1 is 1.33 bits per heavy atom. The van der Waals surface area contributed by atoms with Crippen molar-refractivity contribution in [2.75, 3.05) is 12.4 Å². The molecule has 1 aromatic carbocycles. The molecule has 1 spiro atoms. The van der Waals surface area contributed by atoms with Gasteiger partial charge in [0.15, 0.2) is 4.90 Å². The van der Waals surface area contributed by atoms with Crippen LogP contribution in [0.4, 0.5) is 0 Å². The molecule has 7 heteroatoms. The van der Waals surface area contributed by atoms with Gasteiger partial charge in [-0.05, 0) is 17.2 Å². The maximum atomic E-state index is 12.1. The number of halogens is 2. The third-order valence-corrected chi connectivity index (χ3v) is 5.54. The number of rotatable bonds is 0. The Labute approximate surface area is 117 Å². The van der Waals surface area contributed by atoms with Crippen LogP contribution in [-0.4, -0.2) is 22.9 Å². The topological polar surface area (TPSA) is 64.2 Å². The highest BCUT2D eigenvalue weighted by atomic mass is 35.5. The van der Waals surface area contributed by atoms with Gasteiger partial charge in [-0.25, -0.2) is 0 Å². The lowest BCUT2D eigenvalue weighted by Gasteiger charge is -2.33. The fourth-order valence-corrected chi connectivity index (χ4v) is 4.30. The highest BCUT2D eigenvalue weighted by Gasteiger charge is 2.50. The maximum Gasteiger partial charge on any atom is 0.246 e. The summed E-state index contributed by atoms with van der Waals surface area (Å²) >= 11 is 10.8. The molecule has 0 radical (unpaired) electrons. The predicted octanol–water partition coefficient (Wildman–Crippen LogP) is 1.38. The molecule has 1 fully saturated rings. The molecule has 0 bridgehead atoms. The Morgan fingerprint density at radius 2 is 2.06 bits per heavy atom. The first-order valence-electron chi connectivity index (χ1n) is 5.46. The molecule has 2 N–H and O–H groups in total. The molecule has 2 aliphatic heterocycles. The van der Waals surface area contributed by atoms with Crippen LogP contribution in [0.15, 0.2) is 17.0 Å². The number of benzene rings is 1. The van der Waals surface area contributed by atoms with Crippen molar-refractivity contribution in [2.24, 2.45) is 0 Å². The summed E-state index contributed by atoms with van der Waals surface area (Å²) < 4.78 is 12.0. The first-order chi connectivity index (χ1) is 8.54. The van der Waals surface area contributed by atoms with E-state index in [1.165, 1.54) is 0 Å². The van der Waals surface area contributed by atoms with Gasteiger partial charge in [0.2, 0.25) is 5.91 Å². The molecule has 2 unspecified atom stereocenters. The lowest BCUT2D eigenvalue weighted by molar-refractivity contribution is -0.124. The first-order valence-corrected chi connectivity index (χ1v) is 7.53. The van der Waals surface area contributed by atoms with E-state index in [4.69, 9.17) is 23.2 Å². The lowest BCUT2D eigenvalue weighted by atomic mass is 9.87. The van der Waals surface area contributed by atoms with Gasteiger partial charge in [-0.15, -0.1) is 0 Å². The van der Waals surface area contributed by atoms with Crippen LogP contribution in [0.3, 0.4) is 0 Å². The molecule has 0 aromatic heterocycles. The molecule has 1 saturated heterocycles. The van der Waals surface area contributed by atoms with Crippen LogP contribution in [0, 0.1) is 0 Å². The fourth-order valence-electron chi connectivity index (χ4n) is 2.47. The largest absolute Gasteiger partial charge is 0.611 e. The smallest absolute Gasteiger partial charge is 0.246 e. The van der Waals surface area contributed by atoms with Gasteiger partial charge < -0.3 is 9.87 Å². The Morgan fingerprint density at radius 3 is 2.72 bits per heavy atom. The number of carbonyl (C=O) groups is 1. The van der Waals surface area contributed by atoms with Crippen molar-refractivity contribution >= 4 is 40.3 Å². The Kier molecular flexibility index (Phi) is 2.99. The van der Waals surface area contributed by atoms with Crippen molar-refractivity contribution in [3.63, 3.8) is 0 Å². The third kappa shape index (κ3) is 1.66. The monoisotopic (exact) mass is 304 g/mol. The molecule has 3 rings (SSSR count). The molecule has 1 aromatic rings. The van der Waals surface area contributed by atoms with E-state index in [1.807, 2.05) is 0 Å². The lowest BCUT2D eigenvalue weighted by Crippen LogP contribution is -2.48. The van der Waals surface area contributed by atoms with E-state index in [0.717, 1.165) is 0 Å². The molecule has 2 aliphatic rings. The molecule has 18 heavy (non-hydrogen) atoms. The van der Waals surface area contributed by atoms with Crippen LogP contribution < -0.4 is 10.6 Å². The molecular formula is C11H10Cl2N2O2S. The fraction of sp³-hybridized carbons (Fsp3) is 0.364. The second-order valence-electron chi connectivity index (χ2n) is 4.33.